The molecule has 1 saturated heterocycles. The number of thiazole rings is 1. The number of likely N-dealkylation sites (tertiary alicyclic amines) is 1. The summed E-state index contributed by atoms with van der Waals surface area (Å²) in [5.41, 5.74) is 0.970. The van der Waals surface area contributed by atoms with Gasteiger partial charge in [0.05, 0.1) is 11.6 Å². The molecule has 1 N–H and O–H groups in total. The number of hydrogen-bond donors (Lipinski definition) is 1. The highest BCUT2D eigenvalue weighted by atomic mass is 35.5. The minimum atomic E-state index is -0.701. The van der Waals surface area contributed by atoms with Gasteiger partial charge in [-0.05, 0) is 50.6 Å². The number of halogens is 1. The summed E-state index contributed by atoms with van der Waals surface area (Å²) in [5.74, 6) is -0.234. The van der Waals surface area contributed by atoms with Gasteiger partial charge in [-0.3, -0.25) is 9.69 Å². The number of nitrogens with zero attached hydrogens (tertiary/aromatic N) is 2. The summed E-state index contributed by atoms with van der Waals surface area (Å²) in [7, 11) is 0. The molecule has 2 aromatic rings. The van der Waals surface area contributed by atoms with Gasteiger partial charge in [0.15, 0.2) is 0 Å². The molecule has 0 aliphatic carbocycles. The topological polar surface area (TPSA) is 62.7 Å². The Morgan fingerprint density at radius 3 is 2.92 bits per heavy atom. The second-order valence-corrected chi connectivity index (χ2v) is 7.65. The van der Waals surface area contributed by atoms with E-state index in [0.717, 1.165) is 35.8 Å². The molecule has 0 spiro atoms. The van der Waals surface area contributed by atoms with E-state index in [0.29, 0.717) is 18.2 Å². The first-order valence-corrected chi connectivity index (χ1v) is 9.57. The average molecular weight is 381 g/mol. The quantitative estimate of drug-likeness (QED) is 0.818. The first kappa shape index (κ1) is 18.2. The van der Waals surface area contributed by atoms with Crippen molar-refractivity contribution in [2.24, 2.45) is 5.92 Å². The monoisotopic (exact) mass is 380 g/mol. The van der Waals surface area contributed by atoms with Crippen molar-refractivity contribution in [2.75, 3.05) is 6.54 Å². The largest absolute Gasteiger partial charge is 0.486 e. The summed E-state index contributed by atoms with van der Waals surface area (Å²) in [5, 5.41) is 12.9. The molecule has 1 aromatic carbocycles. The van der Waals surface area contributed by atoms with Crippen LogP contribution in [0.1, 0.15) is 30.5 Å². The van der Waals surface area contributed by atoms with Crippen molar-refractivity contribution in [1.29, 1.82) is 0 Å². The van der Waals surface area contributed by atoms with Crippen molar-refractivity contribution >= 4 is 28.9 Å². The fraction of sp³-hybridized carbons (Fsp3) is 0.444. The molecule has 0 bridgehead atoms. The molecular weight excluding hydrogens is 360 g/mol. The van der Waals surface area contributed by atoms with E-state index in [1.54, 1.807) is 23.5 Å². The van der Waals surface area contributed by atoms with Gasteiger partial charge in [0, 0.05) is 23.0 Å². The molecular formula is C18H21ClN2O3S. The fourth-order valence-electron chi connectivity index (χ4n) is 3.14. The van der Waals surface area contributed by atoms with Crippen LogP contribution in [-0.2, 0) is 17.9 Å². The van der Waals surface area contributed by atoms with Gasteiger partial charge in [-0.25, -0.2) is 4.98 Å². The van der Waals surface area contributed by atoms with Crippen LogP contribution in [-0.4, -0.2) is 33.5 Å². The fourth-order valence-corrected chi connectivity index (χ4v) is 3.96. The Morgan fingerprint density at radius 2 is 2.20 bits per heavy atom. The lowest BCUT2D eigenvalue weighted by Crippen LogP contribution is -2.45. The third-order valence-electron chi connectivity index (χ3n) is 4.58. The van der Waals surface area contributed by atoms with Crippen molar-refractivity contribution < 1.29 is 14.6 Å². The number of aromatic nitrogens is 1. The number of rotatable bonds is 6. The highest BCUT2D eigenvalue weighted by Crippen LogP contribution is 2.26. The lowest BCUT2D eigenvalue weighted by atomic mass is 9.90. The summed E-state index contributed by atoms with van der Waals surface area (Å²) >= 11 is 7.42. The number of aliphatic carboxylic acids is 1. The molecule has 0 amide bonds. The van der Waals surface area contributed by atoms with Crippen LogP contribution in [0.25, 0.3) is 0 Å². The minimum Gasteiger partial charge on any atom is -0.486 e. The summed E-state index contributed by atoms with van der Waals surface area (Å²) in [6.45, 7) is 4.01. The molecule has 7 heteroatoms. The maximum atomic E-state index is 11.3. The molecule has 0 radical (unpaired) electrons. The van der Waals surface area contributed by atoms with Gasteiger partial charge in [0.25, 0.3) is 0 Å². The number of hydrogen-bond acceptors (Lipinski definition) is 5. The van der Waals surface area contributed by atoms with Crippen molar-refractivity contribution in [1.82, 2.24) is 9.88 Å². The third kappa shape index (κ3) is 4.71. The second kappa shape index (κ2) is 8.17. The molecule has 0 unspecified atom stereocenters. The summed E-state index contributed by atoms with van der Waals surface area (Å²) < 4.78 is 5.72. The third-order valence-corrected chi connectivity index (χ3v) is 5.70. The molecule has 1 aliphatic rings. The molecule has 134 valence electrons. The number of carboxylic acids is 1. The predicted octanol–water partition coefficient (Wildman–Crippen LogP) is 4.06. The Morgan fingerprint density at radius 1 is 1.44 bits per heavy atom. The average Bonchev–Trinajstić information content (AvgIpc) is 3.03. The van der Waals surface area contributed by atoms with E-state index >= 15 is 0 Å². The molecule has 2 heterocycles. The van der Waals surface area contributed by atoms with Gasteiger partial charge >= 0.3 is 5.97 Å². The maximum absolute atomic E-state index is 11.3. The van der Waals surface area contributed by atoms with Gasteiger partial charge in [0.1, 0.15) is 17.4 Å². The van der Waals surface area contributed by atoms with E-state index < -0.39 is 5.97 Å². The zero-order valence-electron chi connectivity index (χ0n) is 14.0. The number of ether oxygens (including phenoxy) is 1. The van der Waals surface area contributed by atoms with Gasteiger partial charge in [0.2, 0.25) is 0 Å². The second-order valence-electron chi connectivity index (χ2n) is 6.27. The Balaban J connectivity index is 1.56. The highest BCUT2D eigenvalue weighted by Gasteiger charge is 2.32. The first-order valence-electron chi connectivity index (χ1n) is 8.31. The van der Waals surface area contributed by atoms with E-state index in [-0.39, 0.29) is 12.0 Å². The number of carboxylic acid groups (broad SMARTS) is 1. The predicted molar refractivity (Wildman–Crippen MR) is 98.1 cm³/mol. The first-order chi connectivity index (χ1) is 12.0. The molecule has 1 aliphatic heterocycles. The molecule has 3 rings (SSSR count). The van der Waals surface area contributed by atoms with Crippen molar-refractivity contribution in [2.45, 2.75) is 39.0 Å². The van der Waals surface area contributed by atoms with Crippen LogP contribution in [0.3, 0.4) is 0 Å². The Bertz CT molecular complexity index is 719. The van der Waals surface area contributed by atoms with Gasteiger partial charge in [-0.1, -0.05) is 11.6 Å². The number of piperidine rings is 1. The summed E-state index contributed by atoms with van der Waals surface area (Å²) in [6, 6.07) is 7.28. The Hall–Kier alpha value is -1.63. The van der Waals surface area contributed by atoms with Crippen molar-refractivity contribution in [3.8, 4) is 5.75 Å². The zero-order valence-corrected chi connectivity index (χ0v) is 15.6. The minimum absolute atomic E-state index is 0.0294. The van der Waals surface area contributed by atoms with E-state index in [9.17, 15) is 9.90 Å². The van der Waals surface area contributed by atoms with E-state index in [1.165, 1.54) is 0 Å². The Labute approximate surface area is 156 Å². The lowest BCUT2D eigenvalue weighted by molar-refractivity contribution is -0.145. The Kier molecular flexibility index (Phi) is 5.93. The summed E-state index contributed by atoms with van der Waals surface area (Å²) in [4.78, 5) is 18.2. The van der Waals surface area contributed by atoms with E-state index in [2.05, 4.69) is 9.88 Å². The zero-order chi connectivity index (χ0) is 17.8. The van der Waals surface area contributed by atoms with Crippen LogP contribution in [0.4, 0.5) is 0 Å². The van der Waals surface area contributed by atoms with E-state index in [4.69, 9.17) is 16.3 Å². The smallest absolute Gasteiger partial charge is 0.308 e. The highest BCUT2D eigenvalue weighted by molar-refractivity contribution is 7.09. The number of benzene rings is 1. The van der Waals surface area contributed by atoms with Gasteiger partial charge in [-0.15, -0.1) is 11.3 Å². The van der Waals surface area contributed by atoms with Crippen molar-refractivity contribution in [3.05, 3.63) is 45.4 Å². The maximum Gasteiger partial charge on any atom is 0.308 e. The number of carbonyl (C=O) groups is 1. The lowest BCUT2D eigenvalue weighted by Gasteiger charge is -2.37. The van der Waals surface area contributed by atoms with Crippen LogP contribution < -0.4 is 4.74 Å². The van der Waals surface area contributed by atoms with Gasteiger partial charge < -0.3 is 9.84 Å². The van der Waals surface area contributed by atoms with Crippen LogP contribution in [0, 0.1) is 5.92 Å². The standard InChI is InChI=1S/C18H21ClN2O3S/c1-12-16(18(22)23)3-2-8-21(12)9-14-11-25-17(20-14)10-24-15-6-4-13(19)5-7-15/h4-7,11-12,16H,2-3,8-10H2,1H3,(H,22,23)/t12-,16-/m1/s1. The SMILES string of the molecule is C[C@@H]1[C@H](C(=O)O)CCCN1Cc1csc(COc2ccc(Cl)cc2)n1. The van der Waals surface area contributed by atoms with Crippen LogP contribution in [0.2, 0.25) is 5.02 Å². The molecule has 1 fully saturated rings. The molecule has 1 aromatic heterocycles. The van der Waals surface area contributed by atoms with Crippen LogP contribution in [0.15, 0.2) is 29.6 Å². The molecule has 0 saturated carbocycles. The molecule has 5 nitrogen and oxygen atoms in total. The van der Waals surface area contributed by atoms with Gasteiger partial charge in [-0.2, -0.15) is 0 Å². The summed E-state index contributed by atoms with van der Waals surface area (Å²) in [6.07, 6.45) is 1.67. The molecule has 25 heavy (non-hydrogen) atoms. The van der Waals surface area contributed by atoms with Crippen LogP contribution >= 0.6 is 22.9 Å². The van der Waals surface area contributed by atoms with Crippen molar-refractivity contribution in [3.63, 3.8) is 0 Å². The van der Waals surface area contributed by atoms with E-state index in [1.807, 2.05) is 24.4 Å². The molecule has 2 atom stereocenters. The normalized spacial score (nSPS) is 21.2. The van der Waals surface area contributed by atoms with Crippen LogP contribution in [0.5, 0.6) is 5.75 Å².